The fourth-order valence-electron chi connectivity index (χ4n) is 5.46. The Balaban J connectivity index is 1.23. The molecular formula is C32H24ClF2N3O5. The summed E-state index contributed by atoms with van der Waals surface area (Å²) in [4.78, 5) is 20.5. The summed E-state index contributed by atoms with van der Waals surface area (Å²) in [7, 11) is 0. The molecule has 43 heavy (non-hydrogen) atoms. The standard InChI is InChI=1S/C32H24ClF2N3O5/c1-32(28-8-6-19(33)15-36-28)42-27-4-2-3-21(30(27)43-32)22-14-23(34)18(11-24(22)35)13-29-37-25-7-5-17(31(39)40)12-26(25)38(29)16-20-9-10-41-20/h2-8,11-12,14-15,20H,9-10,13,16H2,1H3,(H,39,40)/t20-,32-/m0/s1. The summed E-state index contributed by atoms with van der Waals surface area (Å²) in [5.41, 5.74) is 2.18. The molecule has 7 rings (SSSR count). The third kappa shape index (κ3) is 4.86. The molecule has 0 bridgehead atoms. The number of ether oxygens (including phenoxy) is 3. The van der Waals surface area contributed by atoms with Gasteiger partial charge in [-0.15, -0.1) is 0 Å². The lowest BCUT2D eigenvalue weighted by molar-refractivity contribution is -0.0715. The van der Waals surface area contributed by atoms with Crippen molar-refractivity contribution in [2.75, 3.05) is 6.61 Å². The van der Waals surface area contributed by atoms with Crippen LogP contribution < -0.4 is 9.47 Å². The molecule has 218 valence electrons. The van der Waals surface area contributed by atoms with E-state index in [1.165, 1.54) is 18.3 Å². The number of aromatic nitrogens is 3. The summed E-state index contributed by atoms with van der Waals surface area (Å²) in [6, 6.07) is 15.3. The molecule has 2 atom stereocenters. The van der Waals surface area contributed by atoms with Crippen molar-refractivity contribution >= 4 is 28.6 Å². The zero-order chi connectivity index (χ0) is 29.9. The van der Waals surface area contributed by atoms with E-state index in [2.05, 4.69) is 9.97 Å². The third-order valence-corrected chi connectivity index (χ3v) is 8.03. The van der Waals surface area contributed by atoms with Crippen LogP contribution in [-0.2, 0) is 23.5 Å². The number of carboxylic acid groups (broad SMARTS) is 1. The Morgan fingerprint density at radius 3 is 2.65 bits per heavy atom. The number of imidazole rings is 1. The Hall–Kier alpha value is -4.54. The number of carboxylic acids is 1. The highest BCUT2D eigenvalue weighted by atomic mass is 35.5. The number of pyridine rings is 1. The number of nitrogens with zero attached hydrogens (tertiary/aromatic N) is 3. The summed E-state index contributed by atoms with van der Waals surface area (Å²) in [5.74, 6) is -2.52. The average Bonchev–Trinajstić information content (AvgIpc) is 3.49. The van der Waals surface area contributed by atoms with Crippen LogP contribution in [0.1, 0.15) is 40.8 Å². The van der Waals surface area contributed by atoms with Crippen molar-refractivity contribution in [3.05, 3.63) is 106 Å². The number of para-hydroxylation sites is 1. The zero-order valence-corrected chi connectivity index (χ0v) is 23.6. The Morgan fingerprint density at radius 2 is 1.93 bits per heavy atom. The highest BCUT2D eigenvalue weighted by Crippen LogP contribution is 2.49. The number of carbonyl (C=O) groups is 1. The third-order valence-electron chi connectivity index (χ3n) is 7.80. The van der Waals surface area contributed by atoms with Gasteiger partial charge >= 0.3 is 5.97 Å². The van der Waals surface area contributed by atoms with Crippen LogP contribution in [0.5, 0.6) is 11.5 Å². The van der Waals surface area contributed by atoms with Crippen LogP contribution in [-0.4, -0.2) is 38.3 Å². The van der Waals surface area contributed by atoms with Gasteiger partial charge < -0.3 is 23.9 Å². The molecule has 1 saturated heterocycles. The van der Waals surface area contributed by atoms with E-state index in [4.69, 9.17) is 25.8 Å². The van der Waals surface area contributed by atoms with Gasteiger partial charge in [0.15, 0.2) is 11.5 Å². The summed E-state index contributed by atoms with van der Waals surface area (Å²) in [6.45, 7) is 2.75. The Morgan fingerprint density at radius 1 is 1.09 bits per heavy atom. The first kappa shape index (κ1) is 27.3. The molecule has 0 aliphatic carbocycles. The van der Waals surface area contributed by atoms with Crippen LogP contribution >= 0.6 is 11.6 Å². The highest BCUT2D eigenvalue weighted by Gasteiger charge is 2.41. The lowest BCUT2D eigenvalue weighted by atomic mass is 10.00. The molecule has 2 aliphatic heterocycles. The van der Waals surface area contributed by atoms with Crippen LogP contribution in [0.15, 0.2) is 66.9 Å². The minimum absolute atomic E-state index is 0.0116. The van der Waals surface area contributed by atoms with E-state index in [1.807, 2.05) is 4.57 Å². The molecule has 0 amide bonds. The van der Waals surface area contributed by atoms with E-state index in [9.17, 15) is 9.90 Å². The average molecular weight is 604 g/mol. The number of hydrogen-bond donors (Lipinski definition) is 1. The first-order valence-electron chi connectivity index (χ1n) is 13.6. The summed E-state index contributed by atoms with van der Waals surface area (Å²) >= 11 is 5.98. The number of halogens is 3. The lowest BCUT2D eigenvalue weighted by Gasteiger charge is -2.27. The van der Waals surface area contributed by atoms with Crippen molar-refractivity contribution in [3.63, 3.8) is 0 Å². The van der Waals surface area contributed by atoms with Crippen LogP contribution in [0.4, 0.5) is 8.78 Å². The molecule has 0 spiro atoms. The predicted molar refractivity (Wildman–Crippen MR) is 154 cm³/mol. The molecule has 0 unspecified atom stereocenters. The van der Waals surface area contributed by atoms with Gasteiger partial charge in [0.05, 0.1) is 34.3 Å². The number of hydrogen-bond acceptors (Lipinski definition) is 6. The summed E-state index contributed by atoms with van der Waals surface area (Å²) < 4.78 is 51.1. The first-order valence-corrected chi connectivity index (χ1v) is 14.0. The minimum atomic E-state index is -1.29. The maximum atomic E-state index is 15.8. The molecule has 0 saturated carbocycles. The van der Waals surface area contributed by atoms with Crippen molar-refractivity contribution < 1.29 is 32.9 Å². The van der Waals surface area contributed by atoms with Gasteiger partial charge in [-0.2, -0.15) is 0 Å². The van der Waals surface area contributed by atoms with Crippen molar-refractivity contribution in [1.82, 2.24) is 14.5 Å². The van der Waals surface area contributed by atoms with Gasteiger partial charge in [0.25, 0.3) is 5.79 Å². The zero-order valence-electron chi connectivity index (χ0n) is 22.8. The molecular weight excluding hydrogens is 580 g/mol. The second-order valence-electron chi connectivity index (χ2n) is 10.7. The van der Waals surface area contributed by atoms with E-state index in [1.54, 1.807) is 43.3 Å². The van der Waals surface area contributed by atoms with Crippen LogP contribution in [0.2, 0.25) is 5.02 Å². The van der Waals surface area contributed by atoms with E-state index in [0.29, 0.717) is 52.0 Å². The first-order chi connectivity index (χ1) is 20.7. The SMILES string of the molecule is C[C@]1(c2ccc(Cl)cn2)Oc2cccc(-c3cc(F)c(Cc4nc5ccc(C(=O)O)cc5n4C[C@@H]4CCO4)cc3F)c2O1. The Kier molecular flexibility index (Phi) is 6.55. The second-order valence-corrected chi connectivity index (χ2v) is 11.1. The minimum Gasteiger partial charge on any atom is -0.478 e. The van der Waals surface area contributed by atoms with E-state index >= 15 is 8.78 Å². The van der Waals surface area contributed by atoms with Gasteiger partial charge in [0, 0.05) is 37.3 Å². The van der Waals surface area contributed by atoms with Gasteiger partial charge in [-0.3, -0.25) is 4.98 Å². The predicted octanol–water partition coefficient (Wildman–Crippen LogP) is 6.75. The molecule has 5 aromatic rings. The van der Waals surface area contributed by atoms with Crippen molar-refractivity contribution in [3.8, 4) is 22.6 Å². The van der Waals surface area contributed by atoms with Gasteiger partial charge in [0.1, 0.15) is 23.2 Å². The van der Waals surface area contributed by atoms with Crippen molar-refractivity contribution in [2.24, 2.45) is 0 Å². The summed E-state index contributed by atoms with van der Waals surface area (Å²) in [5, 5.41) is 9.94. The fourth-order valence-corrected chi connectivity index (χ4v) is 5.58. The van der Waals surface area contributed by atoms with Gasteiger partial charge in [-0.1, -0.05) is 23.7 Å². The van der Waals surface area contributed by atoms with Crippen LogP contribution in [0, 0.1) is 11.6 Å². The molecule has 1 N–H and O–H groups in total. The highest BCUT2D eigenvalue weighted by molar-refractivity contribution is 6.30. The molecule has 2 aliphatic rings. The summed E-state index contributed by atoms with van der Waals surface area (Å²) in [6.07, 6.45) is 2.24. The normalized spacial score (nSPS) is 19.0. The van der Waals surface area contributed by atoms with Gasteiger partial charge in [-0.25, -0.2) is 18.6 Å². The maximum Gasteiger partial charge on any atom is 0.335 e. The number of rotatable bonds is 7. The monoisotopic (exact) mass is 603 g/mol. The Bertz CT molecular complexity index is 1910. The van der Waals surface area contributed by atoms with Crippen LogP contribution in [0.25, 0.3) is 22.2 Å². The number of benzene rings is 3. The molecule has 8 nitrogen and oxygen atoms in total. The fraction of sp³-hybridized carbons (Fsp3) is 0.219. The van der Waals surface area contributed by atoms with Crippen LogP contribution in [0.3, 0.4) is 0 Å². The lowest BCUT2D eigenvalue weighted by Crippen LogP contribution is -2.32. The van der Waals surface area contributed by atoms with E-state index in [0.717, 1.165) is 18.6 Å². The second kappa shape index (κ2) is 10.3. The number of aromatic carboxylic acids is 1. The van der Waals surface area contributed by atoms with Crippen molar-refractivity contribution in [1.29, 1.82) is 0 Å². The number of fused-ring (bicyclic) bond motifs is 2. The Labute approximate surface area is 249 Å². The van der Waals surface area contributed by atoms with E-state index in [-0.39, 0.29) is 35.0 Å². The molecule has 11 heteroatoms. The molecule has 4 heterocycles. The molecule has 2 aromatic heterocycles. The van der Waals surface area contributed by atoms with E-state index < -0.39 is 23.4 Å². The van der Waals surface area contributed by atoms with Gasteiger partial charge in [0.2, 0.25) is 0 Å². The quantitative estimate of drug-likeness (QED) is 0.220. The topological polar surface area (TPSA) is 95.7 Å². The maximum absolute atomic E-state index is 15.8. The molecule has 1 fully saturated rings. The van der Waals surface area contributed by atoms with Crippen molar-refractivity contribution in [2.45, 2.75) is 38.2 Å². The smallest absolute Gasteiger partial charge is 0.335 e. The largest absolute Gasteiger partial charge is 0.478 e. The molecule has 0 radical (unpaired) electrons. The van der Waals surface area contributed by atoms with Gasteiger partial charge in [-0.05, 0) is 60.5 Å². The molecule has 3 aromatic carbocycles.